The topological polar surface area (TPSA) is 62.2 Å². The van der Waals surface area contributed by atoms with E-state index in [4.69, 9.17) is 5.11 Å². The van der Waals surface area contributed by atoms with Crippen molar-refractivity contribution in [3.05, 3.63) is 23.9 Å². The van der Waals surface area contributed by atoms with E-state index >= 15 is 0 Å². The van der Waals surface area contributed by atoms with Crippen molar-refractivity contribution in [3.63, 3.8) is 0 Å². The van der Waals surface area contributed by atoms with E-state index in [1.165, 1.54) is 38.3 Å². The Kier molecular flexibility index (Phi) is 4.18. The Morgan fingerprint density at radius 2 is 2.11 bits per heavy atom. The van der Waals surface area contributed by atoms with Crippen LogP contribution < -0.4 is 5.32 Å². The van der Waals surface area contributed by atoms with Crippen LogP contribution in [0, 0.1) is 5.92 Å². The maximum atomic E-state index is 10.7. The van der Waals surface area contributed by atoms with Gasteiger partial charge in [-0.2, -0.15) is 0 Å². The van der Waals surface area contributed by atoms with E-state index in [2.05, 4.69) is 17.2 Å². The third kappa shape index (κ3) is 3.22. The minimum absolute atomic E-state index is 0.232. The first-order chi connectivity index (χ1) is 8.69. The molecule has 0 amide bonds. The number of nitrogens with zero attached hydrogens (tertiary/aromatic N) is 1. The van der Waals surface area contributed by atoms with Crippen molar-refractivity contribution in [1.29, 1.82) is 0 Å². The van der Waals surface area contributed by atoms with Crippen LogP contribution in [0.2, 0.25) is 0 Å². The highest BCUT2D eigenvalue weighted by Crippen LogP contribution is 2.28. The number of carboxylic acids is 1. The van der Waals surface area contributed by atoms with Gasteiger partial charge in [-0.15, -0.1) is 0 Å². The number of aromatic nitrogens is 1. The minimum atomic E-state index is -0.933. The molecule has 0 bridgehead atoms. The van der Waals surface area contributed by atoms with Gasteiger partial charge in [0.25, 0.3) is 0 Å². The third-order valence-corrected chi connectivity index (χ3v) is 3.79. The molecule has 1 fully saturated rings. The fourth-order valence-corrected chi connectivity index (χ4v) is 2.53. The molecule has 0 aromatic carbocycles. The number of carbonyl (C=O) groups is 1. The van der Waals surface area contributed by atoms with Crippen LogP contribution in [0.15, 0.2) is 18.3 Å². The summed E-state index contributed by atoms with van der Waals surface area (Å²) in [6, 6.07) is 3.82. The molecule has 2 rings (SSSR count). The Balaban J connectivity index is 1.88. The van der Waals surface area contributed by atoms with Gasteiger partial charge in [0.15, 0.2) is 0 Å². The standard InChI is InChI=1S/C14H20N2O2/c1-2-10-3-6-12(7-4-10)16-13-8-5-11(9-15-13)14(17)18/h5,8-10,12H,2-4,6-7H2,1H3,(H,15,16)(H,17,18). The van der Waals surface area contributed by atoms with Gasteiger partial charge in [-0.1, -0.05) is 13.3 Å². The van der Waals surface area contributed by atoms with Crippen molar-refractivity contribution in [2.45, 2.75) is 45.1 Å². The van der Waals surface area contributed by atoms with E-state index < -0.39 is 5.97 Å². The molecule has 4 heteroatoms. The smallest absolute Gasteiger partial charge is 0.337 e. The molecule has 1 aromatic heterocycles. The molecular weight excluding hydrogens is 228 g/mol. The number of anilines is 1. The van der Waals surface area contributed by atoms with E-state index in [9.17, 15) is 4.79 Å². The highest BCUT2D eigenvalue weighted by molar-refractivity contribution is 5.87. The Morgan fingerprint density at radius 1 is 1.39 bits per heavy atom. The summed E-state index contributed by atoms with van der Waals surface area (Å²) in [6.45, 7) is 2.25. The molecule has 1 aliphatic carbocycles. The number of carboxylic acid groups (broad SMARTS) is 1. The van der Waals surface area contributed by atoms with Crippen molar-refractivity contribution in [2.75, 3.05) is 5.32 Å². The zero-order valence-electron chi connectivity index (χ0n) is 10.7. The van der Waals surface area contributed by atoms with E-state index in [1.54, 1.807) is 12.1 Å². The summed E-state index contributed by atoms with van der Waals surface area (Å²) < 4.78 is 0. The normalized spacial score (nSPS) is 23.6. The van der Waals surface area contributed by atoms with E-state index in [1.807, 2.05) is 0 Å². The lowest BCUT2D eigenvalue weighted by molar-refractivity contribution is 0.0696. The molecule has 2 N–H and O–H groups in total. The van der Waals surface area contributed by atoms with Crippen molar-refractivity contribution >= 4 is 11.8 Å². The average molecular weight is 248 g/mol. The number of pyridine rings is 1. The zero-order valence-corrected chi connectivity index (χ0v) is 10.7. The maximum absolute atomic E-state index is 10.7. The Labute approximate surface area is 107 Å². The van der Waals surface area contributed by atoms with Gasteiger partial charge < -0.3 is 10.4 Å². The Hall–Kier alpha value is -1.58. The number of aromatic carboxylic acids is 1. The van der Waals surface area contributed by atoms with Crippen LogP contribution in [-0.2, 0) is 0 Å². The van der Waals surface area contributed by atoms with E-state index in [0.29, 0.717) is 6.04 Å². The van der Waals surface area contributed by atoms with E-state index in [0.717, 1.165) is 11.7 Å². The highest BCUT2D eigenvalue weighted by Gasteiger charge is 2.19. The molecule has 1 aromatic rings. The summed E-state index contributed by atoms with van der Waals surface area (Å²) in [5.41, 5.74) is 0.232. The molecule has 4 nitrogen and oxygen atoms in total. The fraction of sp³-hybridized carbons (Fsp3) is 0.571. The first-order valence-electron chi connectivity index (χ1n) is 6.65. The van der Waals surface area contributed by atoms with Crippen LogP contribution in [0.25, 0.3) is 0 Å². The van der Waals surface area contributed by atoms with Crippen LogP contribution in [0.3, 0.4) is 0 Å². The van der Waals surface area contributed by atoms with Crippen LogP contribution in [0.4, 0.5) is 5.82 Å². The molecule has 1 aliphatic rings. The summed E-state index contributed by atoms with van der Waals surface area (Å²) >= 11 is 0. The van der Waals surface area contributed by atoms with Gasteiger partial charge in [0.05, 0.1) is 5.56 Å². The third-order valence-electron chi connectivity index (χ3n) is 3.79. The predicted molar refractivity (Wildman–Crippen MR) is 70.9 cm³/mol. The van der Waals surface area contributed by atoms with Crippen molar-refractivity contribution in [3.8, 4) is 0 Å². The first kappa shape index (κ1) is 12.9. The van der Waals surface area contributed by atoms with Crippen LogP contribution in [-0.4, -0.2) is 22.1 Å². The summed E-state index contributed by atoms with van der Waals surface area (Å²) in [6.07, 6.45) is 7.60. The number of hydrogen-bond donors (Lipinski definition) is 2. The molecule has 1 saturated carbocycles. The lowest BCUT2D eigenvalue weighted by atomic mass is 9.84. The van der Waals surface area contributed by atoms with Gasteiger partial charge in [-0.3, -0.25) is 0 Å². The number of nitrogens with one attached hydrogen (secondary N) is 1. The molecule has 0 atom stereocenters. The molecule has 0 aliphatic heterocycles. The molecule has 1 heterocycles. The minimum Gasteiger partial charge on any atom is -0.478 e. The van der Waals surface area contributed by atoms with Gasteiger partial charge in [-0.05, 0) is 43.7 Å². The molecule has 98 valence electrons. The molecular formula is C14H20N2O2. The predicted octanol–water partition coefficient (Wildman–Crippen LogP) is 3.16. The number of hydrogen-bond acceptors (Lipinski definition) is 3. The SMILES string of the molecule is CCC1CCC(Nc2ccc(C(=O)O)cn2)CC1. The first-order valence-corrected chi connectivity index (χ1v) is 6.65. The average Bonchev–Trinajstić information content (AvgIpc) is 2.40. The van der Waals surface area contributed by atoms with Gasteiger partial charge in [0, 0.05) is 12.2 Å². The van der Waals surface area contributed by atoms with Gasteiger partial charge in [-0.25, -0.2) is 9.78 Å². The molecule has 0 saturated heterocycles. The van der Waals surface area contributed by atoms with Gasteiger partial charge in [0.2, 0.25) is 0 Å². The zero-order chi connectivity index (χ0) is 13.0. The quantitative estimate of drug-likeness (QED) is 0.859. The summed E-state index contributed by atoms with van der Waals surface area (Å²) in [7, 11) is 0. The molecule has 18 heavy (non-hydrogen) atoms. The Bertz CT molecular complexity index is 395. The van der Waals surface area contributed by atoms with Crippen molar-refractivity contribution < 1.29 is 9.90 Å². The highest BCUT2D eigenvalue weighted by atomic mass is 16.4. The summed E-state index contributed by atoms with van der Waals surface area (Å²) in [5, 5.41) is 12.2. The van der Waals surface area contributed by atoms with Crippen molar-refractivity contribution in [2.24, 2.45) is 5.92 Å². The monoisotopic (exact) mass is 248 g/mol. The van der Waals surface area contributed by atoms with E-state index in [-0.39, 0.29) is 5.56 Å². The molecule has 0 radical (unpaired) electrons. The summed E-state index contributed by atoms with van der Waals surface area (Å²) in [4.78, 5) is 14.9. The second-order valence-corrected chi connectivity index (χ2v) is 5.01. The molecule has 0 unspecified atom stereocenters. The van der Waals surface area contributed by atoms with Crippen LogP contribution in [0.1, 0.15) is 49.4 Å². The van der Waals surface area contributed by atoms with Crippen LogP contribution in [0.5, 0.6) is 0 Å². The lowest BCUT2D eigenvalue weighted by Crippen LogP contribution is -2.26. The summed E-state index contributed by atoms with van der Waals surface area (Å²) in [5.74, 6) is 0.725. The lowest BCUT2D eigenvalue weighted by Gasteiger charge is -2.28. The Morgan fingerprint density at radius 3 is 2.61 bits per heavy atom. The number of rotatable bonds is 4. The molecule has 0 spiro atoms. The van der Waals surface area contributed by atoms with Crippen LogP contribution >= 0.6 is 0 Å². The van der Waals surface area contributed by atoms with Gasteiger partial charge >= 0.3 is 5.97 Å². The largest absolute Gasteiger partial charge is 0.478 e. The second-order valence-electron chi connectivity index (χ2n) is 5.01. The fourth-order valence-electron chi connectivity index (χ4n) is 2.53. The second kappa shape index (κ2) is 5.85. The maximum Gasteiger partial charge on any atom is 0.337 e. The van der Waals surface area contributed by atoms with Gasteiger partial charge in [0.1, 0.15) is 5.82 Å². The van der Waals surface area contributed by atoms with Crippen molar-refractivity contribution in [1.82, 2.24) is 4.98 Å².